The zero-order valence-electron chi connectivity index (χ0n) is 25.7. The van der Waals surface area contributed by atoms with E-state index in [4.69, 9.17) is 14.2 Å². The number of carbonyl (C=O) groups is 1. The number of hydrogen-bond donors (Lipinski definition) is 1. The molecule has 42 heavy (non-hydrogen) atoms. The van der Waals surface area contributed by atoms with Gasteiger partial charge in [0.1, 0.15) is 30.5 Å². The van der Waals surface area contributed by atoms with Crippen LogP contribution in [0.5, 0.6) is 11.5 Å². The maximum atomic E-state index is 13.8. The van der Waals surface area contributed by atoms with Crippen molar-refractivity contribution in [3.8, 4) is 22.8 Å². The van der Waals surface area contributed by atoms with E-state index in [0.29, 0.717) is 34.0 Å². The van der Waals surface area contributed by atoms with Crippen LogP contribution in [0, 0.1) is 25.1 Å². The molecule has 0 saturated carbocycles. The lowest BCUT2D eigenvalue weighted by Gasteiger charge is -2.40. The summed E-state index contributed by atoms with van der Waals surface area (Å²) in [6.45, 7) is 15.7. The molecular formula is C33H42FN3O5. The molecule has 1 atom stereocenters. The number of pyridine rings is 2. The van der Waals surface area contributed by atoms with Crippen LogP contribution in [0.1, 0.15) is 70.4 Å². The Balaban J connectivity index is 1.60. The van der Waals surface area contributed by atoms with Gasteiger partial charge in [-0.1, -0.05) is 19.9 Å². The van der Waals surface area contributed by atoms with Crippen LogP contribution >= 0.6 is 0 Å². The van der Waals surface area contributed by atoms with Gasteiger partial charge in [0, 0.05) is 42.2 Å². The number of halogens is 1. The van der Waals surface area contributed by atoms with E-state index in [2.05, 4.69) is 28.7 Å². The first-order valence-corrected chi connectivity index (χ1v) is 14.4. The normalized spacial score (nSPS) is 15.8. The highest BCUT2D eigenvalue weighted by atomic mass is 19.1. The van der Waals surface area contributed by atoms with Crippen LogP contribution in [0.25, 0.3) is 11.3 Å². The highest BCUT2D eigenvalue weighted by Crippen LogP contribution is 2.43. The monoisotopic (exact) mass is 579 g/mol. The number of nitrogens with zero attached hydrogens (tertiary/aromatic N) is 3. The molecule has 0 radical (unpaired) electrons. The Bertz CT molecular complexity index is 1390. The van der Waals surface area contributed by atoms with E-state index in [1.807, 2.05) is 39.8 Å². The lowest BCUT2D eigenvalue weighted by Crippen LogP contribution is -2.39. The van der Waals surface area contributed by atoms with Crippen molar-refractivity contribution in [1.29, 1.82) is 0 Å². The molecule has 1 fully saturated rings. The molecule has 9 heteroatoms. The minimum atomic E-state index is -1.19. The van der Waals surface area contributed by atoms with Crippen molar-refractivity contribution in [3.05, 3.63) is 65.4 Å². The fraction of sp³-hybridized carbons (Fsp3) is 0.485. The first-order valence-electron chi connectivity index (χ1n) is 14.4. The summed E-state index contributed by atoms with van der Waals surface area (Å²) < 4.78 is 31.3. The van der Waals surface area contributed by atoms with Crippen LogP contribution in [0.15, 0.2) is 42.7 Å². The second kappa shape index (κ2) is 12.7. The first-order chi connectivity index (χ1) is 19.7. The summed E-state index contributed by atoms with van der Waals surface area (Å²) in [5, 5.41) is 10.3. The average molecular weight is 580 g/mol. The summed E-state index contributed by atoms with van der Waals surface area (Å²) in [5.74, 6) is -0.368. The number of ether oxygens (including phenoxy) is 3. The van der Waals surface area contributed by atoms with Crippen LogP contribution < -0.4 is 14.4 Å². The summed E-state index contributed by atoms with van der Waals surface area (Å²) >= 11 is 0. The van der Waals surface area contributed by atoms with Crippen LogP contribution in [-0.2, 0) is 9.53 Å². The number of carboxylic acids is 1. The predicted molar refractivity (Wildman–Crippen MR) is 161 cm³/mol. The molecular weight excluding hydrogens is 537 g/mol. The summed E-state index contributed by atoms with van der Waals surface area (Å²) in [6, 6.07) is 8.42. The van der Waals surface area contributed by atoms with Gasteiger partial charge in [-0.15, -0.1) is 0 Å². The van der Waals surface area contributed by atoms with E-state index in [9.17, 15) is 14.3 Å². The van der Waals surface area contributed by atoms with Crippen LogP contribution in [0.2, 0.25) is 0 Å². The number of benzene rings is 1. The maximum absolute atomic E-state index is 13.8. The second-order valence-electron chi connectivity index (χ2n) is 12.6. The van der Waals surface area contributed by atoms with Gasteiger partial charge in [-0.05, 0) is 76.6 Å². The molecule has 4 rings (SSSR count). The Morgan fingerprint density at radius 1 is 1.02 bits per heavy atom. The zero-order chi connectivity index (χ0) is 30.7. The molecule has 1 saturated heterocycles. The Labute approximate surface area is 247 Å². The van der Waals surface area contributed by atoms with Gasteiger partial charge in [0.25, 0.3) is 0 Å². The molecule has 1 aliphatic rings. The van der Waals surface area contributed by atoms with Gasteiger partial charge in [-0.3, -0.25) is 9.97 Å². The van der Waals surface area contributed by atoms with Gasteiger partial charge in [-0.25, -0.2) is 9.18 Å². The van der Waals surface area contributed by atoms with Crippen molar-refractivity contribution >= 4 is 11.7 Å². The molecule has 0 bridgehead atoms. The van der Waals surface area contributed by atoms with Gasteiger partial charge < -0.3 is 24.2 Å². The van der Waals surface area contributed by atoms with Crippen LogP contribution in [0.4, 0.5) is 10.1 Å². The average Bonchev–Trinajstić information content (AvgIpc) is 2.92. The maximum Gasteiger partial charge on any atom is 0.337 e. The standard InChI is InChI=1S/C33H42FN3O5/c1-21-8-9-23(18-26(21)34)40-16-17-41-24-10-11-27(36-19-24)25-20-35-22(2)28(30(31(38)39)42-32(3,4)5)29(25)37-14-12-33(6,7)13-15-37/h8-11,18-20,30H,12-17H2,1-7H3,(H,38,39)/t30-/m0/s1. The van der Waals surface area contributed by atoms with Crippen LogP contribution in [0.3, 0.4) is 0 Å². The molecule has 3 heterocycles. The van der Waals surface area contributed by atoms with Crippen LogP contribution in [-0.4, -0.2) is 52.9 Å². The third-order valence-corrected chi connectivity index (χ3v) is 7.45. The minimum absolute atomic E-state index is 0.210. The van der Waals surface area contributed by atoms with Crippen molar-refractivity contribution in [3.63, 3.8) is 0 Å². The van der Waals surface area contributed by atoms with Crippen molar-refractivity contribution in [1.82, 2.24) is 9.97 Å². The molecule has 2 aromatic heterocycles. The number of piperidine rings is 1. The van der Waals surface area contributed by atoms with E-state index < -0.39 is 17.7 Å². The molecule has 0 unspecified atom stereocenters. The predicted octanol–water partition coefficient (Wildman–Crippen LogP) is 6.92. The summed E-state index contributed by atoms with van der Waals surface area (Å²) in [5.41, 5.74) is 3.47. The van der Waals surface area contributed by atoms with Gasteiger partial charge in [0.2, 0.25) is 0 Å². The smallest absolute Gasteiger partial charge is 0.337 e. The summed E-state index contributed by atoms with van der Waals surface area (Å²) in [6.07, 6.45) is 4.16. The van der Waals surface area contributed by atoms with Gasteiger partial charge in [-0.2, -0.15) is 0 Å². The first kappa shape index (κ1) is 31.2. The molecule has 0 aliphatic carbocycles. The molecule has 3 aromatic rings. The summed E-state index contributed by atoms with van der Waals surface area (Å²) in [4.78, 5) is 24.1. The van der Waals surface area contributed by atoms with Gasteiger partial charge in [0.15, 0.2) is 6.10 Å². The lowest BCUT2D eigenvalue weighted by atomic mass is 9.82. The Morgan fingerprint density at radius 3 is 2.24 bits per heavy atom. The minimum Gasteiger partial charge on any atom is -0.490 e. The Kier molecular flexibility index (Phi) is 9.40. The number of hydrogen-bond acceptors (Lipinski definition) is 7. The zero-order valence-corrected chi connectivity index (χ0v) is 25.7. The third-order valence-electron chi connectivity index (χ3n) is 7.45. The highest BCUT2D eigenvalue weighted by Gasteiger charge is 2.36. The highest BCUT2D eigenvalue weighted by molar-refractivity contribution is 5.85. The SMILES string of the molecule is Cc1ccc(OCCOc2ccc(-c3cnc(C)c([C@H](OC(C)(C)C)C(=O)O)c3N3CCC(C)(C)CC3)nc2)cc1F. The fourth-order valence-electron chi connectivity index (χ4n) is 4.98. The number of aryl methyl sites for hydroxylation is 2. The fourth-order valence-corrected chi connectivity index (χ4v) is 4.98. The number of aliphatic carboxylic acids is 1. The van der Waals surface area contributed by atoms with Crippen molar-refractivity contribution in [2.75, 3.05) is 31.2 Å². The molecule has 0 amide bonds. The molecule has 8 nitrogen and oxygen atoms in total. The topological polar surface area (TPSA) is 94.0 Å². The lowest BCUT2D eigenvalue weighted by molar-refractivity contribution is -0.160. The number of anilines is 1. The van der Waals surface area contributed by atoms with E-state index in [1.165, 1.54) is 6.07 Å². The summed E-state index contributed by atoms with van der Waals surface area (Å²) in [7, 11) is 0. The van der Waals surface area contributed by atoms with Crippen molar-refractivity contribution in [2.24, 2.45) is 5.41 Å². The number of aromatic nitrogens is 2. The second-order valence-corrected chi connectivity index (χ2v) is 12.6. The Hall–Kier alpha value is -3.72. The quantitative estimate of drug-likeness (QED) is 0.259. The number of rotatable bonds is 10. The molecule has 1 N–H and O–H groups in total. The Morgan fingerprint density at radius 2 is 1.67 bits per heavy atom. The van der Waals surface area contributed by atoms with Gasteiger partial charge in [0.05, 0.1) is 23.2 Å². The van der Waals surface area contributed by atoms with E-state index in [1.54, 1.807) is 31.5 Å². The van der Waals surface area contributed by atoms with Crippen molar-refractivity contribution < 1.29 is 28.5 Å². The van der Waals surface area contributed by atoms with E-state index >= 15 is 0 Å². The van der Waals surface area contributed by atoms with Gasteiger partial charge >= 0.3 is 5.97 Å². The van der Waals surface area contributed by atoms with E-state index in [0.717, 1.165) is 37.2 Å². The molecule has 1 aliphatic heterocycles. The number of carboxylic acid groups (broad SMARTS) is 1. The van der Waals surface area contributed by atoms with E-state index in [-0.39, 0.29) is 24.4 Å². The molecule has 226 valence electrons. The molecule has 0 spiro atoms. The van der Waals surface area contributed by atoms with Crippen molar-refractivity contribution in [2.45, 2.75) is 73.0 Å². The third kappa shape index (κ3) is 7.76. The molecule has 1 aromatic carbocycles. The largest absolute Gasteiger partial charge is 0.490 e.